The second-order valence-corrected chi connectivity index (χ2v) is 3.41. The predicted molar refractivity (Wildman–Crippen MR) is 35.9 cm³/mol. The maximum atomic E-state index is 7.77. The fourth-order valence-corrected chi connectivity index (χ4v) is 0. The Bertz CT molecular complexity index is 38.3. The molecule has 0 aromatic heterocycles. The number of hydrogen-bond acceptors (Lipinski definition) is 4. The van der Waals surface area contributed by atoms with Gasteiger partial charge in [-0.2, -0.15) is 0 Å². The average Bonchev–Trinajstić information content (AvgIpc) is 1.27. The molecule has 0 radical (unpaired) electrons. The normalized spacial score (nSPS) is 11.8. The van der Waals surface area contributed by atoms with Crippen molar-refractivity contribution in [3.8, 4) is 0 Å². The molecule has 0 atom stereocenters. The molecule has 0 aliphatic heterocycles. The topological polar surface area (TPSA) is 72.7 Å². The summed E-state index contributed by atoms with van der Waals surface area (Å²) < 4.78 is 0. The second kappa shape index (κ2) is 5.41. The Morgan fingerprint density at radius 2 is 1.12 bits per heavy atom. The van der Waals surface area contributed by atoms with Gasteiger partial charge in [0, 0.05) is 0 Å². The summed E-state index contributed by atoms with van der Waals surface area (Å²) in [4.78, 5) is 23.3. The first-order chi connectivity index (χ1) is 3.41. The Kier molecular flexibility index (Phi) is 7.52. The molecule has 0 aromatic rings. The van der Waals surface area contributed by atoms with Gasteiger partial charge in [0.15, 0.2) is 0 Å². The Morgan fingerprint density at radius 1 is 1.12 bits per heavy atom. The molecule has 4 N–H and O–H groups in total. The third-order valence-corrected chi connectivity index (χ3v) is 0. The third kappa shape index (κ3) is 2390. The summed E-state index contributed by atoms with van der Waals surface area (Å²) in [6.07, 6.45) is 0. The molecule has 0 heterocycles. The van der Waals surface area contributed by atoms with E-state index in [-0.39, 0.29) is 0 Å². The van der Waals surface area contributed by atoms with Crippen molar-refractivity contribution in [2.45, 2.75) is 0 Å². The first kappa shape index (κ1) is 11.1. The molecule has 0 aliphatic rings. The Hall–Kier alpha value is 0.270. The summed E-state index contributed by atoms with van der Waals surface area (Å²) in [5.41, 5.74) is 0. The molecule has 0 saturated carbocycles. The van der Waals surface area contributed by atoms with Crippen LogP contribution in [-0.2, 0) is 0 Å². The van der Waals surface area contributed by atoms with Crippen LogP contribution in [0.25, 0.3) is 0 Å². The summed E-state index contributed by atoms with van der Waals surface area (Å²) in [7, 11) is 0.139. The molecule has 0 bridgehead atoms. The van der Waals surface area contributed by atoms with Crippen molar-refractivity contribution in [3.05, 3.63) is 0 Å². The van der Waals surface area contributed by atoms with E-state index in [0.717, 1.165) is 6.66 Å². The molecule has 5 heteroatoms. The van der Waals surface area contributed by atoms with Crippen molar-refractivity contribution in [1.29, 1.82) is 0 Å². The zero-order chi connectivity index (χ0) is 7.21. The zero-order valence-electron chi connectivity index (χ0n) is 5.34. The van der Waals surface area contributed by atoms with E-state index in [1.807, 2.05) is 14.1 Å². The van der Waals surface area contributed by atoms with Crippen molar-refractivity contribution >= 4 is 7.94 Å². The minimum atomic E-state index is -3.61. The van der Waals surface area contributed by atoms with E-state index < -0.39 is 7.94 Å². The first-order valence-electron chi connectivity index (χ1n) is 2.17. The Labute approximate surface area is 49.8 Å². The standard InChI is InChI=1S/C2H7N.CH7O3P/c1-3-2;1-5(2,3)4/h3H,1-2H3;2-5H,1H3. The van der Waals surface area contributed by atoms with Crippen LogP contribution in [0, 0.1) is 0 Å². The number of nitrogens with one attached hydrogen (secondary N) is 1. The average molecular weight is 143 g/mol. The molecule has 0 amide bonds. The molecule has 0 aliphatic carbocycles. The molecule has 0 rings (SSSR count). The van der Waals surface area contributed by atoms with Crippen LogP contribution in [0.3, 0.4) is 0 Å². The molecule has 0 unspecified atom stereocenters. The van der Waals surface area contributed by atoms with Gasteiger partial charge in [0.05, 0.1) is 0 Å². The molecule has 54 valence electrons. The van der Waals surface area contributed by atoms with Gasteiger partial charge in [-0.1, -0.05) is 0 Å². The summed E-state index contributed by atoms with van der Waals surface area (Å²) >= 11 is 0. The van der Waals surface area contributed by atoms with Crippen molar-refractivity contribution in [3.63, 3.8) is 0 Å². The van der Waals surface area contributed by atoms with Gasteiger partial charge in [0.1, 0.15) is 0 Å². The quantitative estimate of drug-likeness (QED) is 0.326. The first-order valence-corrected chi connectivity index (χ1v) is 4.51. The molecule has 0 aromatic carbocycles. The molecular formula is C3H14NO3P. The van der Waals surface area contributed by atoms with Crippen molar-refractivity contribution in [2.24, 2.45) is 0 Å². The van der Waals surface area contributed by atoms with Gasteiger partial charge < -0.3 is 5.32 Å². The van der Waals surface area contributed by atoms with Crippen molar-refractivity contribution in [1.82, 2.24) is 5.32 Å². The predicted octanol–water partition coefficient (Wildman–Crippen LogP) is -1.08. The zero-order valence-corrected chi connectivity index (χ0v) is 6.34. The van der Waals surface area contributed by atoms with E-state index in [0.29, 0.717) is 0 Å². The van der Waals surface area contributed by atoms with Crippen LogP contribution in [-0.4, -0.2) is 35.4 Å². The molecule has 0 saturated heterocycles. The van der Waals surface area contributed by atoms with Gasteiger partial charge >= 0.3 is 29.3 Å². The summed E-state index contributed by atoms with van der Waals surface area (Å²) in [5.74, 6) is 0. The van der Waals surface area contributed by atoms with Crippen LogP contribution < -0.4 is 5.32 Å². The van der Waals surface area contributed by atoms with Crippen LogP contribution in [0.4, 0.5) is 0 Å². The van der Waals surface area contributed by atoms with E-state index in [2.05, 4.69) is 5.32 Å². The fraction of sp³-hybridized carbons (Fsp3) is 1.00. The SMILES string of the molecule is CNC.C[PH](O)(O)O. The van der Waals surface area contributed by atoms with E-state index in [4.69, 9.17) is 14.7 Å². The van der Waals surface area contributed by atoms with Gasteiger partial charge in [-0.3, -0.25) is 0 Å². The van der Waals surface area contributed by atoms with Gasteiger partial charge in [-0.15, -0.1) is 0 Å². The van der Waals surface area contributed by atoms with Gasteiger partial charge in [0.25, 0.3) is 0 Å². The minimum absolute atomic E-state index is 0.993. The Morgan fingerprint density at radius 3 is 1.12 bits per heavy atom. The van der Waals surface area contributed by atoms with Crippen LogP contribution >= 0.6 is 7.94 Å². The molecular weight excluding hydrogens is 129 g/mol. The van der Waals surface area contributed by atoms with Crippen LogP contribution in [0.5, 0.6) is 0 Å². The van der Waals surface area contributed by atoms with Crippen LogP contribution in [0.15, 0.2) is 0 Å². The summed E-state index contributed by atoms with van der Waals surface area (Å²) in [6, 6.07) is 0. The molecule has 4 nitrogen and oxygen atoms in total. The summed E-state index contributed by atoms with van der Waals surface area (Å²) in [5, 5.41) is 2.75. The fourth-order valence-electron chi connectivity index (χ4n) is 0. The monoisotopic (exact) mass is 143 g/mol. The van der Waals surface area contributed by atoms with Gasteiger partial charge in [-0.05, 0) is 14.1 Å². The van der Waals surface area contributed by atoms with Crippen LogP contribution in [0.2, 0.25) is 0 Å². The maximum absolute atomic E-state index is 7.77. The van der Waals surface area contributed by atoms with Gasteiger partial charge in [-0.25, -0.2) is 0 Å². The van der Waals surface area contributed by atoms with E-state index in [9.17, 15) is 0 Å². The van der Waals surface area contributed by atoms with Crippen LogP contribution in [0.1, 0.15) is 0 Å². The second-order valence-electron chi connectivity index (χ2n) is 1.47. The van der Waals surface area contributed by atoms with Crippen molar-refractivity contribution < 1.29 is 14.7 Å². The number of rotatable bonds is 0. The number of hydrogen-bond donors (Lipinski definition) is 4. The van der Waals surface area contributed by atoms with E-state index in [1.54, 1.807) is 0 Å². The summed E-state index contributed by atoms with van der Waals surface area (Å²) in [6.45, 7) is 0.993. The van der Waals surface area contributed by atoms with Gasteiger partial charge in [0.2, 0.25) is 0 Å². The Balaban J connectivity index is 0. The van der Waals surface area contributed by atoms with E-state index >= 15 is 0 Å². The third-order valence-electron chi connectivity index (χ3n) is 0. The van der Waals surface area contributed by atoms with E-state index in [1.165, 1.54) is 0 Å². The molecule has 0 spiro atoms. The molecule has 8 heavy (non-hydrogen) atoms. The van der Waals surface area contributed by atoms with Crippen molar-refractivity contribution in [2.75, 3.05) is 20.8 Å². The molecule has 0 fully saturated rings.